The van der Waals surface area contributed by atoms with Crippen molar-refractivity contribution in [3.05, 3.63) is 50.7 Å². The number of hydrogen-bond donors (Lipinski definition) is 1. The van der Waals surface area contributed by atoms with Crippen molar-refractivity contribution >= 4 is 40.6 Å². The molecule has 124 valence electrons. The lowest BCUT2D eigenvalue weighted by atomic mass is 10.0. The minimum atomic E-state index is -0.0888. The number of benzene rings is 1. The van der Waals surface area contributed by atoms with Crippen LogP contribution in [0.1, 0.15) is 29.0 Å². The predicted octanol–water partition coefficient (Wildman–Crippen LogP) is 4.83. The zero-order chi connectivity index (χ0) is 16.8. The largest absolute Gasteiger partial charge is 0.496 e. The lowest BCUT2D eigenvalue weighted by Gasteiger charge is -2.18. The van der Waals surface area contributed by atoms with Gasteiger partial charge in [-0.05, 0) is 32.0 Å². The molecule has 1 N–H and O–H groups in total. The second-order valence-electron chi connectivity index (χ2n) is 5.23. The van der Waals surface area contributed by atoms with Gasteiger partial charge in [-0.25, -0.2) is 0 Å². The zero-order valence-corrected chi connectivity index (χ0v) is 15.8. The third kappa shape index (κ3) is 5.44. The lowest BCUT2D eigenvalue weighted by Crippen LogP contribution is -2.28. The Morgan fingerprint density at radius 1 is 1.39 bits per heavy atom. The Labute approximate surface area is 150 Å². The van der Waals surface area contributed by atoms with Gasteiger partial charge in [0.15, 0.2) is 0 Å². The molecule has 0 aliphatic carbocycles. The first-order valence-electron chi connectivity index (χ1n) is 7.25. The van der Waals surface area contributed by atoms with Crippen molar-refractivity contribution in [3.8, 4) is 5.75 Å². The number of carbonyl (C=O) groups is 1. The molecular weight excluding hydrogens is 350 g/mol. The number of nitrogens with one attached hydrogen (secondary N) is 1. The fourth-order valence-electron chi connectivity index (χ4n) is 2.23. The number of thioether (sulfide) groups is 1. The second-order valence-corrected chi connectivity index (χ2v) is 8.02. The third-order valence-corrected chi connectivity index (χ3v) is 5.73. The van der Waals surface area contributed by atoms with Crippen molar-refractivity contribution in [1.82, 2.24) is 5.32 Å². The maximum absolute atomic E-state index is 12.1. The summed E-state index contributed by atoms with van der Waals surface area (Å²) in [4.78, 5) is 13.3. The first kappa shape index (κ1) is 18.2. The van der Waals surface area contributed by atoms with E-state index in [4.69, 9.17) is 16.3 Å². The summed E-state index contributed by atoms with van der Waals surface area (Å²) in [5.74, 6) is 2.04. The van der Waals surface area contributed by atoms with Gasteiger partial charge in [-0.2, -0.15) is 0 Å². The van der Waals surface area contributed by atoms with E-state index in [0.29, 0.717) is 5.75 Å². The van der Waals surface area contributed by atoms with E-state index in [2.05, 4.69) is 5.32 Å². The number of rotatable bonds is 7. The lowest BCUT2D eigenvalue weighted by molar-refractivity contribution is -0.119. The molecule has 0 aliphatic heterocycles. The van der Waals surface area contributed by atoms with Gasteiger partial charge in [0.05, 0.1) is 23.2 Å². The van der Waals surface area contributed by atoms with Gasteiger partial charge in [-0.15, -0.1) is 23.1 Å². The van der Waals surface area contributed by atoms with Crippen molar-refractivity contribution in [1.29, 1.82) is 0 Å². The van der Waals surface area contributed by atoms with Gasteiger partial charge >= 0.3 is 0 Å². The number of thiophene rings is 1. The maximum atomic E-state index is 12.1. The van der Waals surface area contributed by atoms with Crippen LogP contribution in [0.3, 0.4) is 0 Å². The highest BCUT2D eigenvalue weighted by Crippen LogP contribution is 2.27. The van der Waals surface area contributed by atoms with Crippen LogP contribution < -0.4 is 10.1 Å². The molecule has 0 aliphatic rings. The van der Waals surface area contributed by atoms with Gasteiger partial charge in [0.2, 0.25) is 5.91 Å². The molecule has 0 radical (unpaired) electrons. The van der Waals surface area contributed by atoms with Crippen LogP contribution in [0, 0.1) is 6.92 Å². The van der Waals surface area contributed by atoms with Crippen LogP contribution in [-0.4, -0.2) is 18.8 Å². The molecule has 0 unspecified atom stereocenters. The van der Waals surface area contributed by atoms with Crippen LogP contribution >= 0.6 is 34.7 Å². The summed E-state index contributed by atoms with van der Waals surface area (Å²) in [7, 11) is 1.64. The van der Waals surface area contributed by atoms with Gasteiger partial charge in [0, 0.05) is 16.2 Å². The number of carbonyl (C=O) groups excluding carboxylic acids is 1. The molecule has 1 heterocycles. The van der Waals surface area contributed by atoms with Crippen LogP contribution in [0.25, 0.3) is 0 Å². The molecule has 1 atom stereocenters. The van der Waals surface area contributed by atoms with Gasteiger partial charge in [0.25, 0.3) is 0 Å². The average molecular weight is 370 g/mol. The van der Waals surface area contributed by atoms with Crippen LogP contribution in [-0.2, 0) is 10.5 Å². The highest BCUT2D eigenvalue weighted by molar-refractivity contribution is 7.99. The summed E-state index contributed by atoms with van der Waals surface area (Å²) in [6.07, 6.45) is 0. The molecule has 2 aromatic rings. The molecule has 0 saturated carbocycles. The van der Waals surface area contributed by atoms with Crippen LogP contribution in [0.4, 0.5) is 0 Å². The van der Waals surface area contributed by atoms with E-state index in [0.717, 1.165) is 27.0 Å². The van der Waals surface area contributed by atoms with Crippen molar-refractivity contribution in [2.45, 2.75) is 25.6 Å². The van der Waals surface area contributed by atoms with Gasteiger partial charge in [-0.3, -0.25) is 4.79 Å². The Hall–Kier alpha value is -1.17. The van der Waals surface area contributed by atoms with Crippen LogP contribution in [0.2, 0.25) is 4.34 Å². The van der Waals surface area contributed by atoms with E-state index in [-0.39, 0.29) is 11.9 Å². The molecule has 1 aromatic heterocycles. The predicted molar refractivity (Wildman–Crippen MR) is 99.8 cm³/mol. The Morgan fingerprint density at radius 3 is 2.83 bits per heavy atom. The number of methoxy groups -OCH3 is 1. The summed E-state index contributed by atoms with van der Waals surface area (Å²) in [5, 5.41) is 3.03. The number of amides is 1. The summed E-state index contributed by atoms with van der Waals surface area (Å²) >= 11 is 9.04. The van der Waals surface area contributed by atoms with Crippen LogP contribution in [0.15, 0.2) is 30.3 Å². The third-order valence-electron chi connectivity index (χ3n) is 3.34. The van der Waals surface area contributed by atoms with E-state index < -0.39 is 0 Å². The number of halogens is 1. The van der Waals surface area contributed by atoms with Gasteiger partial charge in [0.1, 0.15) is 5.75 Å². The number of aryl methyl sites for hydroxylation is 1. The standard InChI is InChI=1S/C17H20ClNO2S2/c1-11-4-6-15(21-3)14(8-11)12(2)19-17(20)10-22-9-13-5-7-16(18)23-13/h4-8,12H,9-10H2,1-3H3,(H,19,20)/t12-/m1/s1. The normalized spacial score (nSPS) is 12.0. The summed E-state index contributed by atoms with van der Waals surface area (Å²) in [6.45, 7) is 4.00. The molecule has 1 aromatic carbocycles. The molecule has 1 amide bonds. The Balaban J connectivity index is 1.86. The molecule has 0 bridgehead atoms. The fourth-order valence-corrected chi connectivity index (χ4v) is 4.26. The van der Waals surface area contributed by atoms with E-state index in [1.807, 2.05) is 44.2 Å². The number of ether oxygens (including phenoxy) is 1. The first-order valence-corrected chi connectivity index (χ1v) is 9.60. The minimum Gasteiger partial charge on any atom is -0.496 e. The highest BCUT2D eigenvalue weighted by Gasteiger charge is 2.14. The zero-order valence-electron chi connectivity index (χ0n) is 13.4. The summed E-state index contributed by atoms with van der Waals surface area (Å²) in [5.41, 5.74) is 2.14. The molecule has 0 saturated heterocycles. The van der Waals surface area contributed by atoms with Crippen molar-refractivity contribution in [2.24, 2.45) is 0 Å². The van der Waals surface area contributed by atoms with E-state index in [1.165, 1.54) is 4.88 Å². The van der Waals surface area contributed by atoms with Crippen molar-refractivity contribution < 1.29 is 9.53 Å². The van der Waals surface area contributed by atoms with Gasteiger partial charge in [-0.1, -0.05) is 29.3 Å². The maximum Gasteiger partial charge on any atom is 0.230 e. The minimum absolute atomic E-state index is 0.0220. The molecule has 23 heavy (non-hydrogen) atoms. The summed E-state index contributed by atoms with van der Waals surface area (Å²) in [6, 6.07) is 9.77. The fraction of sp³-hybridized carbons (Fsp3) is 0.353. The van der Waals surface area contributed by atoms with Gasteiger partial charge < -0.3 is 10.1 Å². The molecule has 3 nitrogen and oxygen atoms in total. The molecular formula is C17H20ClNO2S2. The molecule has 6 heteroatoms. The van der Waals surface area contributed by atoms with E-state index >= 15 is 0 Å². The summed E-state index contributed by atoms with van der Waals surface area (Å²) < 4.78 is 6.16. The second kappa shape index (κ2) is 8.62. The first-order chi connectivity index (χ1) is 11.0. The Kier molecular flexibility index (Phi) is 6.81. The quantitative estimate of drug-likeness (QED) is 0.759. The molecule has 2 rings (SSSR count). The Bertz CT molecular complexity index is 672. The monoisotopic (exact) mass is 369 g/mol. The highest BCUT2D eigenvalue weighted by atomic mass is 35.5. The van der Waals surface area contributed by atoms with E-state index in [9.17, 15) is 4.79 Å². The topological polar surface area (TPSA) is 38.3 Å². The smallest absolute Gasteiger partial charge is 0.230 e. The SMILES string of the molecule is COc1ccc(C)cc1[C@@H](C)NC(=O)CSCc1ccc(Cl)s1. The Morgan fingerprint density at radius 2 is 2.17 bits per heavy atom. The number of hydrogen-bond acceptors (Lipinski definition) is 4. The molecule has 0 fully saturated rings. The van der Waals surface area contributed by atoms with Crippen molar-refractivity contribution in [2.75, 3.05) is 12.9 Å². The van der Waals surface area contributed by atoms with Crippen molar-refractivity contribution in [3.63, 3.8) is 0 Å². The average Bonchev–Trinajstić information content (AvgIpc) is 2.92. The van der Waals surface area contributed by atoms with Crippen LogP contribution in [0.5, 0.6) is 5.75 Å². The van der Waals surface area contributed by atoms with E-state index in [1.54, 1.807) is 30.2 Å². The molecule has 0 spiro atoms.